The van der Waals surface area contributed by atoms with Crippen LogP contribution in [0.15, 0.2) is 47.4 Å². The van der Waals surface area contributed by atoms with Crippen molar-refractivity contribution in [2.24, 2.45) is 0 Å². The molecular weight excluding hydrogens is 533 g/mol. The molecule has 0 aromatic heterocycles. The summed E-state index contributed by atoms with van der Waals surface area (Å²) in [5, 5.41) is 1.54. The zero-order valence-electron chi connectivity index (χ0n) is 16.9. The number of nitrogens with one attached hydrogen (secondary N) is 2. The third kappa shape index (κ3) is 5.51. The molecule has 1 aliphatic rings. The molecule has 2 aromatic carbocycles. The van der Waals surface area contributed by atoms with Gasteiger partial charge in [0.1, 0.15) is 6.54 Å². The van der Waals surface area contributed by atoms with Crippen LogP contribution in [0.25, 0.3) is 5.70 Å². The van der Waals surface area contributed by atoms with E-state index in [9.17, 15) is 35.3 Å². The first-order valence-corrected chi connectivity index (χ1v) is 11.5. The lowest BCUT2D eigenvalue weighted by atomic mass is 9.91. The molecule has 1 amide bonds. The Balaban J connectivity index is 2.05. The fourth-order valence-electron chi connectivity index (χ4n) is 3.14. The monoisotopic (exact) mass is 546 g/mol. The number of rotatable bonds is 5. The van der Waals surface area contributed by atoms with Crippen molar-refractivity contribution in [3.8, 4) is 0 Å². The molecule has 14 heteroatoms. The third-order valence-corrected chi connectivity index (χ3v) is 6.07. The Bertz CT molecular complexity index is 1170. The van der Waals surface area contributed by atoms with E-state index in [1.165, 1.54) is 18.4 Å². The number of alkyl halides is 6. The van der Waals surface area contributed by atoms with Crippen LogP contribution in [0.2, 0.25) is 10.0 Å². The molecule has 1 heterocycles. The van der Waals surface area contributed by atoms with E-state index in [0.717, 1.165) is 30.3 Å². The number of carbonyl (C=O) groups excluding carboxylic acids is 1. The number of hydrogen-bond donors (Lipinski definition) is 2. The van der Waals surface area contributed by atoms with Gasteiger partial charge in [0.25, 0.3) is 5.91 Å². The minimum absolute atomic E-state index is 0.0387. The van der Waals surface area contributed by atoms with Crippen molar-refractivity contribution in [3.63, 3.8) is 0 Å². The fourth-order valence-corrected chi connectivity index (χ4v) is 4.43. The molecule has 2 N–H and O–H groups in total. The predicted molar refractivity (Wildman–Crippen MR) is 114 cm³/mol. The first kappa shape index (κ1) is 26.3. The second-order valence-corrected chi connectivity index (χ2v) is 9.34. The van der Waals surface area contributed by atoms with Crippen molar-refractivity contribution < 1.29 is 40.2 Å². The molecule has 34 heavy (non-hydrogen) atoms. The molecule has 0 spiro atoms. The smallest absolute Gasteiger partial charge is 0.343 e. The summed E-state index contributed by atoms with van der Waals surface area (Å²) in [6, 6.07) is 6.67. The molecule has 3 rings (SSSR count). The summed E-state index contributed by atoms with van der Waals surface area (Å²) < 4.78 is 91.7. The lowest BCUT2D eigenvalue weighted by molar-refractivity contribution is -0.269. The highest BCUT2D eigenvalue weighted by atomic mass is 35.5. The van der Waals surface area contributed by atoms with Gasteiger partial charge in [0, 0.05) is 27.4 Å². The van der Waals surface area contributed by atoms with Gasteiger partial charge in [-0.3, -0.25) is 19.3 Å². The molecule has 0 radical (unpaired) electrons. The number of hydrogen-bond acceptors (Lipinski definition) is 4. The van der Waals surface area contributed by atoms with E-state index in [2.05, 4.69) is 5.48 Å². The van der Waals surface area contributed by atoms with Gasteiger partial charge >= 0.3 is 12.4 Å². The van der Waals surface area contributed by atoms with Gasteiger partial charge in [-0.25, -0.2) is 0 Å². The number of halogens is 8. The highest BCUT2D eigenvalue weighted by Crippen LogP contribution is 2.48. The van der Waals surface area contributed by atoms with Crippen LogP contribution < -0.4 is 10.8 Å². The van der Waals surface area contributed by atoms with E-state index in [1.807, 2.05) is 0 Å². The first-order valence-electron chi connectivity index (χ1n) is 9.16. The Hall–Kier alpha value is -2.28. The van der Waals surface area contributed by atoms with Crippen LogP contribution in [0.4, 0.5) is 26.3 Å². The summed E-state index contributed by atoms with van der Waals surface area (Å²) in [6.07, 6.45) is -7.75. The lowest BCUT2D eigenvalue weighted by Crippen LogP contribution is -2.42. The SMILES string of the molecule is CS(=O)c1cc(C2=CC(c3cc(Cl)cc(Cl)c3)(C(F)(F)F)ON2)ccc1C(=O)NCC(F)(F)F. The molecule has 2 unspecified atom stereocenters. The van der Waals surface area contributed by atoms with E-state index >= 15 is 0 Å². The van der Waals surface area contributed by atoms with Crippen molar-refractivity contribution in [1.82, 2.24) is 10.8 Å². The van der Waals surface area contributed by atoms with E-state index in [-0.39, 0.29) is 31.8 Å². The topological polar surface area (TPSA) is 67.4 Å². The zero-order chi connectivity index (χ0) is 25.5. The van der Waals surface area contributed by atoms with Gasteiger partial charge < -0.3 is 5.32 Å². The van der Waals surface area contributed by atoms with Gasteiger partial charge in [-0.1, -0.05) is 29.3 Å². The number of carbonyl (C=O) groups is 1. The Morgan fingerprint density at radius 3 is 2.24 bits per heavy atom. The van der Waals surface area contributed by atoms with Crippen LogP contribution in [0.5, 0.6) is 0 Å². The van der Waals surface area contributed by atoms with Crippen LogP contribution >= 0.6 is 23.2 Å². The van der Waals surface area contributed by atoms with E-state index in [0.29, 0.717) is 0 Å². The minimum Gasteiger partial charge on any atom is -0.343 e. The van der Waals surface area contributed by atoms with Crippen LogP contribution in [-0.2, 0) is 21.2 Å². The highest BCUT2D eigenvalue weighted by Gasteiger charge is 2.59. The van der Waals surface area contributed by atoms with Gasteiger partial charge in [0.05, 0.1) is 27.0 Å². The summed E-state index contributed by atoms with van der Waals surface area (Å²) >= 11 is 11.7. The summed E-state index contributed by atoms with van der Waals surface area (Å²) in [7, 11) is -1.87. The fraction of sp³-hybridized carbons (Fsp3) is 0.250. The molecule has 0 saturated carbocycles. The standard InChI is InChI=1S/C20H14Cl2F6N2O3S/c1-34(32)16-4-10(2-3-14(16)17(31)29-9-19(23,24)25)15-8-18(33-30-15,20(26,27)28)11-5-12(21)7-13(22)6-11/h2-8,30H,9H2,1H3,(H,29,31). The molecule has 2 aromatic rings. The van der Waals surface area contributed by atoms with Crippen LogP contribution in [-0.4, -0.2) is 35.3 Å². The maximum absolute atomic E-state index is 14.1. The molecule has 0 aliphatic carbocycles. The zero-order valence-corrected chi connectivity index (χ0v) is 19.2. The predicted octanol–water partition coefficient (Wildman–Crippen LogP) is 5.36. The van der Waals surface area contributed by atoms with Crippen LogP contribution in [0.1, 0.15) is 21.5 Å². The summed E-state index contributed by atoms with van der Waals surface area (Å²) in [5.74, 6) is -1.14. The van der Waals surface area contributed by atoms with Gasteiger partial charge in [0.15, 0.2) is 0 Å². The minimum atomic E-state index is -4.97. The highest BCUT2D eigenvalue weighted by molar-refractivity contribution is 7.84. The van der Waals surface area contributed by atoms with Crippen molar-refractivity contribution >= 4 is 45.6 Å². The quantitative estimate of drug-likeness (QED) is 0.496. The largest absolute Gasteiger partial charge is 0.428 e. The molecule has 5 nitrogen and oxygen atoms in total. The summed E-state index contributed by atoms with van der Waals surface area (Å²) in [6.45, 7) is -1.61. The van der Waals surface area contributed by atoms with Crippen molar-refractivity contribution in [1.29, 1.82) is 0 Å². The summed E-state index contributed by atoms with van der Waals surface area (Å²) in [4.78, 5) is 16.9. The van der Waals surface area contributed by atoms with Crippen molar-refractivity contribution in [2.75, 3.05) is 12.8 Å². The molecule has 184 valence electrons. The van der Waals surface area contributed by atoms with Gasteiger partial charge in [-0.05, 0) is 36.4 Å². The summed E-state index contributed by atoms with van der Waals surface area (Å²) in [5.41, 5.74) is -1.70. The maximum Gasteiger partial charge on any atom is 0.428 e. The second-order valence-electron chi connectivity index (χ2n) is 7.12. The average Bonchev–Trinajstić information content (AvgIpc) is 3.17. The Morgan fingerprint density at radius 2 is 1.71 bits per heavy atom. The maximum atomic E-state index is 14.1. The number of amides is 1. The molecule has 0 fully saturated rings. The van der Waals surface area contributed by atoms with Crippen molar-refractivity contribution in [2.45, 2.75) is 22.8 Å². The van der Waals surface area contributed by atoms with Crippen LogP contribution in [0, 0.1) is 0 Å². The van der Waals surface area contributed by atoms with E-state index < -0.39 is 46.8 Å². The van der Waals surface area contributed by atoms with Gasteiger partial charge in [-0.2, -0.15) is 26.3 Å². The normalized spacial score (nSPS) is 19.4. The average molecular weight is 547 g/mol. The van der Waals surface area contributed by atoms with Crippen LogP contribution in [0.3, 0.4) is 0 Å². The van der Waals surface area contributed by atoms with Crippen molar-refractivity contribution in [3.05, 3.63) is 69.2 Å². The molecule has 0 bridgehead atoms. The van der Waals surface area contributed by atoms with Gasteiger partial charge in [-0.15, -0.1) is 0 Å². The molecule has 2 atom stereocenters. The lowest BCUT2D eigenvalue weighted by Gasteiger charge is -2.28. The third-order valence-electron chi connectivity index (χ3n) is 4.68. The second kappa shape index (κ2) is 9.40. The Morgan fingerprint density at radius 1 is 1.09 bits per heavy atom. The Labute approximate surface area is 201 Å². The first-order chi connectivity index (χ1) is 15.6. The molecule has 0 saturated heterocycles. The Kier molecular flexibility index (Phi) is 7.28. The van der Waals surface area contributed by atoms with E-state index in [4.69, 9.17) is 28.0 Å². The number of benzene rings is 2. The molecule has 1 aliphatic heterocycles. The van der Waals surface area contributed by atoms with E-state index in [1.54, 1.807) is 5.32 Å². The number of hydroxylamine groups is 1. The van der Waals surface area contributed by atoms with Gasteiger partial charge in [0.2, 0.25) is 5.60 Å². The molecular formula is C20H14Cl2F6N2O3S.